The molecule has 30 heavy (non-hydrogen) atoms. The van der Waals surface area contributed by atoms with Gasteiger partial charge in [0, 0.05) is 25.8 Å². The zero-order chi connectivity index (χ0) is 21.6. The molecule has 1 aliphatic heterocycles. The van der Waals surface area contributed by atoms with E-state index in [4.69, 9.17) is 18.9 Å². The Balaban J connectivity index is 1.73. The molecule has 0 spiro atoms. The van der Waals surface area contributed by atoms with Crippen molar-refractivity contribution in [3.8, 4) is 17.2 Å². The predicted molar refractivity (Wildman–Crippen MR) is 109 cm³/mol. The van der Waals surface area contributed by atoms with Crippen LogP contribution < -0.4 is 24.2 Å². The molecule has 2 aromatic rings. The van der Waals surface area contributed by atoms with Gasteiger partial charge in [0.2, 0.25) is 10.0 Å². The van der Waals surface area contributed by atoms with Gasteiger partial charge >= 0.3 is 0 Å². The van der Waals surface area contributed by atoms with Crippen molar-refractivity contribution in [3.63, 3.8) is 0 Å². The van der Waals surface area contributed by atoms with Gasteiger partial charge in [0.1, 0.15) is 23.9 Å². The van der Waals surface area contributed by atoms with Gasteiger partial charge in [-0.2, -0.15) is 0 Å². The summed E-state index contributed by atoms with van der Waals surface area (Å²) in [5, 5.41) is 2.78. The first-order valence-corrected chi connectivity index (χ1v) is 10.8. The first-order chi connectivity index (χ1) is 14.4. The zero-order valence-electron chi connectivity index (χ0n) is 16.8. The van der Waals surface area contributed by atoms with Crippen LogP contribution in [-0.4, -0.2) is 54.9 Å². The lowest BCUT2D eigenvalue weighted by Gasteiger charge is -2.19. The van der Waals surface area contributed by atoms with E-state index in [-0.39, 0.29) is 35.9 Å². The van der Waals surface area contributed by atoms with Crippen molar-refractivity contribution in [1.29, 1.82) is 0 Å². The summed E-state index contributed by atoms with van der Waals surface area (Å²) < 4.78 is 48.6. The molecule has 1 aliphatic rings. The van der Waals surface area contributed by atoms with Crippen LogP contribution in [0.3, 0.4) is 0 Å². The third-order valence-electron chi connectivity index (χ3n) is 4.37. The highest BCUT2D eigenvalue weighted by Gasteiger charge is 2.21. The van der Waals surface area contributed by atoms with Crippen molar-refractivity contribution in [3.05, 3.63) is 47.5 Å². The van der Waals surface area contributed by atoms with Crippen LogP contribution >= 0.6 is 0 Å². The fraction of sp³-hybridized carbons (Fsp3) is 0.350. The van der Waals surface area contributed by atoms with E-state index in [1.54, 1.807) is 12.1 Å². The number of carbonyl (C=O) groups excluding carboxylic acids is 1. The highest BCUT2D eigenvalue weighted by atomic mass is 32.2. The number of carbonyl (C=O) groups is 1. The minimum Gasteiger partial charge on any atom is -0.495 e. The van der Waals surface area contributed by atoms with E-state index in [0.717, 1.165) is 5.56 Å². The van der Waals surface area contributed by atoms with Gasteiger partial charge in [0.25, 0.3) is 5.91 Å². The number of amides is 1. The molecule has 0 fully saturated rings. The Kier molecular flexibility index (Phi) is 7.14. The lowest BCUT2D eigenvalue weighted by Crippen LogP contribution is -2.28. The molecule has 10 heteroatoms. The molecule has 0 bridgehead atoms. The van der Waals surface area contributed by atoms with Gasteiger partial charge in [-0.05, 0) is 35.9 Å². The Morgan fingerprint density at radius 3 is 2.57 bits per heavy atom. The summed E-state index contributed by atoms with van der Waals surface area (Å²) in [6.07, 6.45) is 0. The molecular formula is C20H24N2O7S. The Bertz CT molecular complexity index is 1010. The van der Waals surface area contributed by atoms with Gasteiger partial charge in [-0.3, -0.25) is 4.79 Å². The maximum absolute atomic E-state index is 12.6. The second kappa shape index (κ2) is 9.79. The molecule has 0 radical (unpaired) electrons. The van der Waals surface area contributed by atoms with Gasteiger partial charge in [-0.1, -0.05) is 6.07 Å². The van der Waals surface area contributed by atoms with Crippen molar-refractivity contribution in [2.75, 3.05) is 40.6 Å². The fourth-order valence-electron chi connectivity index (χ4n) is 2.87. The number of rotatable bonds is 9. The van der Waals surface area contributed by atoms with E-state index in [1.165, 1.54) is 32.4 Å². The largest absolute Gasteiger partial charge is 0.495 e. The van der Waals surface area contributed by atoms with E-state index in [2.05, 4.69) is 10.0 Å². The number of nitrogens with one attached hydrogen (secondary N) is 2. The van der Waals surface area contributed by atoms with E-state index in [0.29, 0.717) is 24.7 Å². The summed E-state index contributed by atoms with van der Waals surface area (Å²) in [6.45, 7) is 1.55. The van der Waals surface area contributed by atoms with Crippen LogP contribution in [0.4, 0.5) is 0 Å². The second-order valence-electron chi connectivity index (χ2n) is 6.42. The normalized spacial score (nSPS) is 13.0. The first-order valence-electron chi connectivity index (χ1n) is 9.28. The van der Waals surface area contributed by atoms with E-state index >= 15 is 0 Å². The van der Waals surface area contributed by atoms with E-state index < -0.39 is 15.9 Å². The summed E-state index contributed by atoms with van der Waals surface area (Å²) >= 11 is 0. The van der Waals surface area contributed by atoms with Crippen LogP contribution in [-0.2, 0) is 21.3 Å². The Morgan fingerprint density at radius 1 is 1.07 bits per heavy atom. The van der Waals surface area contributed by atoms with Crippen molar-refractivity contribution in [1.82, 2.24) is 10.0 Å². The van der Waals surface area contributed by atoms with Crippen LogP contribution in [0, 0.1) is 0 Å². The molecule has 2 N–H and O–H groups in total. The van der Waals surface area contributed by atoms with Gasteiger partial charge in [0.05, 0.1) is 13.7 Å². The van der Waals surface area contributed by atoms with Crippen LogP contribution in [0.25, 0.3) is 0 Å². The van der Waals surface area contributed by atoms with Crippen molar-refractivity contribution in [2.45, 2.75) is 11.4 Å². The number of benzene rings is 2. The second-order valence-corrected chi connectivity index (χ2v) is 8.15. The molecular weight excluding hydrogens is 412 g/mol. The van der Waals surface area contributed by atoms with Crippen LogP contribution in [0.2, 0.25) is 0 Å². The van der Waals surface area contributed by atoms with Gasteiger partial charge in [-0.25, -0.2) is 13.1 Å². The van der Waals surface area contributed by atoms with Gasteiger partial charge in [-0.15, -0.1) is 0 Å². The molecule has 0 atom stereocenters. The van der Waals surface area contributed by atoms with Crippen LogP contribution in [0.5, 0.6) is 17.2 Å². The number of hydrogen-bond acceptors (Lipinski definition) is 7. The highest BCUT2D eigenvalue weighted by molar-refractivity contribution is 7.89. The minimum atomic E-state index is -3.87. The van der Waals surface area contributed by atoms with Gasteiger partial charge in [0.15, 0.2) is 11.5 Å². The summed E-state index contributed by atoms with van der Waals surface area (Å²) in [5.41, 5.74) is 1.02. The Labute approximate surface area is 175 Å². The lowest BCUT2D eigenvalue weighted by molar-refractivity contribution is 0.0950. The standard InChI is InChI=1S/C20H24N2O7S/c1-26-8-7-22-30(24,25)19-12-15(4-6-17(19)27-2)20(23)21-13-14-3-5-16-18(11-14)29-10-9-28-16/h3-6,11-12,22H,7-10,13H2,1-2H3,(H,21,23). The quantitative estimate of drug-likeness (QED) is 0.570. The highest BCUT2D eigenvalue weighted by Crippen LogP contribution is 2.30. The Hall–Kier alpha value is -2.82. The molecule has 0 aromatic heterocycles. The molecule has 0 unspecified atom stereocenters. The maximum atomic E-state index is 12.6. The number of sulfonamides is 1. The van der Waals surface area contributed by atoms with Crippen molar-refractivity contribution < 1.29 is 32.2 Å². The molecule has 0 saturated carbocycles. The fourth-order valence-corrected chi connectivity index (χ4v) is 4.07. The maximum Gasteiger partial charge on any atom is 0.251 e. The minimum absolute atomic E-state index is 0.0997. The third kappa shape index (κ3) is 5.21. The third-order valence-corrected chi connectivity index (χ3v) is 5.86. The lowest BCUT2D eigenvalue weighted by atomic mass is 10.1. The topological polar surface area (TPSA) is 112 Å². The monoisotopic (exact) mass is 436 g/mol. The molecule has 1 amide bonds. The van der Waals surface area contributed by atoms with Crippen molar-refractivity contribution in [2.24, 2.45) is 0 Å². The van der Waals surface area contributed by atoms with Crippen LogP contribution in [0.1, 0.15) is 15.9 Å². The molecule has 9 nitrogen and oxygen atoms in total. The smallest absolute Gasteiger partial charge is 0.251 e. The summed E-state index contributed by atoms with van der Waals surface area (Å²) in [6, 6.07) is 9.67. The number of hydrogen-bond donors (Lipinski definition) is 2. The van der Waals surface area contributed by atoms with E-state index in [9.17, 15) is 13.2 Å². The zero-order valence-corrected chi connectivity index (χ0v) is 17.6. The summed E-state index contributed by atoms with van der Waals surface area (Å²) in [4.78, 5) is 12.5. The molecule has 1 heterocycles. The predicted octanol–water partition coefficient (Wildman–Crippen LogP) is 1.32. The number of fused-ring (bicyclic) bond motifs is 1. The molecule has 162 valence electrons. The molecule has 2 aromatic carbocycles. The van der Waals surface area contributed by atoms with Crippen LogP contribution in [0.15, 0.2) is 41.3 Å². The number of ether oxygens (including phenoxy) is 4. The average Bonchev–Trinajstić information content (AvgIpc) is 2.77. The molecule has 0 saturated heterocycles. The SMILES string of the molecule is COCCNS(=O)(=O)c1cc(C(=O)NCc2ccc3c(c2)OCCO3)ccc1OC. The van der Waals surface area contributed by atoms with Gasteiger partial charge < -0.3 is 24.3 Å². The summed E-state index contributed by atoms with van der Waals surface area (Å²) in [7, 11) is -1.03. The van der Waals surface area contributed by atoms with Crippen molar-refractivity contribution >= 4 is 15.9 Å². The first kappa shape index (κ1) is 21.9. The average molecular weight is 436 g/mol. The number of methoxy groups -OCH3 is 2. The molecule has 0 aliphatic carbocycles. The van der Waals surface area contributed by atoms with E-state index in [1.807, 2.05) is 6.07 Å². The molecule has 3 rings (SSSR count). The summed E-state index contributed by atoms with van der Waals surface area (Å²) in [5.74, 6) is 1.03. The Morgan fingerprint density at radius 2 is 1.83 bits per heavy atom.